The number of rotatable bonds is 6. The molecule has 0 unspecified atom stereocenters. The van der Waals surface area contributed by atoms with Crippen molar-refractivity contribution in [3.8, 4) is 0 Å². The van der Waals surface area contributed by atoms with Crippen molar-refractivity contribution in [2.24, 2.45) is 0 Å². The number of benzene rings is 2. The minimum atomic E-state index is -0.509. The average molecular weight is 350 g/mol. The number of likely N-dealkylation sites (N-methyl/N-ethyl adjacent to an activating group) is 1. The number of hydrogen-bond acceptors (Lipinski definition) is 3. The monoisotopic (exact) mass is 349 g/mol. The van der Waals surface area contributed by atoms with Gasteiger partial charge in [0, 0.05) is 0 Å². The van der Waals surface area contributed by atoms with Crippen molar-refractivity contribution in [2.75, 3.05) is 30.8 Å². The molecule has 0 aliphatic carbocycles. The molecule has 0 spiro atoms. The van der Waals surface area contributed by atoms with Crippen molar-refractivity contribution in [3.05, 3.63) is 59.4 Å². The van der Waals surface area contributed by atoms with Crippen molar-refractivity contribution < 1.29 is 14.0 Å². The zero-order chi connectivity index (χ0) is 17.5. The fraction of sp³-hybridized carbons (Fsp3) is 0.176. The number of para-hydroxylation sites is 2. The van der Waals surface area contributed by atoms with Gasteiger partial charge in [-0.15, -0.1) is 0 Å². The van der Waals surface area contributed by atoms with Gasteiger partial charge in [0.05, 0.1) is 29.5 Å². The summed E-state index contributed by atoms with van der Waals surface area (Å²) in [5.74, 6) is -1.22. The van der Waals surface area contributed by atoms with Crippen molar-refractivity contribution >= 4 is 34.8 Å². The Bertz CT molecular complexity index is 678. The van der Waals surface area contributed by atoms with Crippen LogP contribution in [0.3, 0.4) is 0 Å². The molecule has 0 aromatic heterocycles. The number of nitrogens with one attached hydrogen (secondary N) is 2. The molecule has 2 rings (SSSR count). The van der Waals surface area contributed by atoms with Crippen LogP contribution >= 0.6 is 11.6 Å². The highest BCUT2D eigenvalue weighted by Crippen LogP contribution is 2.20. The number of amides is 2. The molecule has 24 heavy (non-hydrogen) atoms. The molecule has 0 atom stereocenters. The van der Waals surface area contributed by atoms with Gasteiger partial charge >= 0.3 is 0 Å². The lowest BCUT2D eigenvalue weighted by atomic mass is 10.3. The van der Waals surface area contributed by atoms with Crippen LogP contribution in [0.4, 0.5) is 15.8 Å². The van der Waals surface area contributed by atoms with E-state index in [-0.39, 0.29) is 24.7 Å². The zero-order valence-corrected chi connectivity index (χ0v) is 13.8. The first-order valence-electron chi connectivity index (χ1n) is 7.23. The van der Waals surface area contributed by atoms with Crippen LogP contribution in [0.1, 0.15) is 0 Å². The van der Waals surface area contributed by atoms with Gasteiger partial charge < -0.3 is 10.6 Å². The van der Waals surface area contributed by atoms with Crippen LogP contribution in [0, 0.1) is 5.82 Å². The van der Waals surface area contributed by atoms with E-state index >= 15 is 0 Å². The molecular formula is C17H17ClFN3O2. The van der Waals surface area contributed by atoms with Crippen LogP contribution < -0.4 is 10.6 Å². The van der Waals surface area contributed by atoms with E-state index in [2.05, 4.69) is 10.6 Å². The van der Waals surface area contributed by atoms with Crippen molar-refractivity contribution in [1.82, 2.24) is 4.90 Å². The average Bonchev–Trinajstić information content (AvgIpc) is 2.51. The predicted octanol–water partition coefficient (Wildman–Crippen LogP) is 2.99. The molecule has 126 valence electrons. The number of halogens is 2. The van der Waals surface area contributed by atoms with Gasteiger partial charge in [-0.3, -0.25) is 14.5 Å². The second-order valence-electron chi connectivity index (χ2n) is 5.23. The summed E-state index contributed by atoms with van der Waals surface area (Å²) in [5.41, 5.74) is 0.616. The molecule has 2 aromatic rings. The van der Waals surface area contributed by atoms with Gasteiger partial charge in [-0.25, -0.2) is 4.39 Å². The Labute approximate surface area is 144 Å². The summed E-state index contributed by atoms with van der Waals surface area (Å²) in [6.45, 7) is -0.0554. The molecule has 2 amide bonds. The fourth-order valence-corrected chi connectivity index (χ4v) is 2.23. The van der Waals surface area contributed by atoms with Crippen LogP contribution in [0.15, 0.2) is 48.5 Å². The molecule has 0 saturated heterocycles. The van der Waals surface area contributed by atoms with E-state index in [1.165, 1.54) is 23.1 Å². The van der Waals surface area contributed by atoms with Crippen LogP contribution in [0.2, 0.25) is 5.02 Å². The smallest absolute Gasteiger partial charge is 0.238 e. The molecule has 0 saturated carbocycles. The maximum absolute atomic E-state index is 13.5. The Kier molecular flexibility index (Phi) is 6.28. The molecule has 0 heterocycles. The summed E-state index contributed by atoms with van der Waals surface area (Å²) >= 11 is 5.97. The first-order valence-corrected chi connectivity index (χ1v) is 7.61. The van der Waals surface area contributed by atoms with Gasteiger partial charge in [0.25, 0.3) is 0 Å². The first-order chi connectivity index (χ1) is 11.5. The predicted molar refractivity (Wildman–Crippen MR) is 92.6 cm³/mol. The third kappa shape index (κ3) is 5.33. The minimum Gasteiger partial charge on any atom is -0.324 e. The van der Waals surface area contributed by atoms with Crippen LogP contribution in [0.5, 0.6) is 0 Å². The number of anilines is 2. The van der Waals surface area contributed by atoms with Crippen molar-refractivity contribution in [3.63, 3.8) is 0 Å². The SMILES string of the molecule is CN(CC(=O)Nc1ccccc1F)CC(=O)Nc1ccccc1Cl. The second kappa shape index (κ2) is 8.42. The Morgan fingerprint density at radius 1 is 0.958 bits per heavy atom. The van der Waals surface area contributed by atoms with E-state index in [0.29, 0.717) is 10.7 Å². The highest BCUT2D eigenvalue weighted by molar-refractivity contribution is 6.33. The number of carbonyl (C=O) groups is 2. The lowest BCUT2D eigenvalue weighted by molar-refractivity contribution is -0.119. The molecule has 0 fully saturated rings. The van der Waals surface area contributed by atoms with Gasteiger partial charge in [-0.1, -0.05) is 35.9 Å². The number of hydrogen-bond donors (Lipinski definition) is 2. The van der Waals surface area contributed by atoms with Crippen molar-refractivity contribution in [2.45, 2.75) is 0 Å². The van der Waals surface area contributed by atoms with Gasteiger partial charge in [0.2, 0.25) is 11.8 Å². The van der Waals surface area contributed by atoms with Crippen LogP contribution in [0.25, 0.3) is 0 Å². The van der Waals surface area contributed by atoms with Crippen LogP contribution in [-0.2, 0) is 9.59 Å². The summed E-state index contributed by atoms with van der Waals surface area (Å²) in [6, 6.07) is 12.8. The van der Waals surface area contributed by atoms with E-state index in [9.17, 15) is 14.0 Å². The lowest BCUT2D eigenvalue weighted by Crippen LogP contribution is -2.36. The summed E-state index contributed by atoms with van der Waals surface area (Å²) in [5, 5.41) is 5.57. The Hall–Kier alpha value is -2.44. The summed E-state index contributed by atoms with van der Waals surface area (Å²) in [4.78, 5) is 25.4. The topological polar surface area (TPSA) is 61.4 Å². The van der Waals surface area contributed by atoms with E-state index in [1.807, 2.05) is 0 Å². The number of nitrogens with zero attached hydrogens (tertiary/aromatic N) is 1. The zero-order valence-electron chi connectivity index (χ0n) is 13.1. The second-order valence-corrected chi connectivity index (χ2v) is 5.64. The van der Waals surface area contributed by atoms with E-state index < -0.39 is 11.7 Å². The lowest BCUT2D eigenvalue weighted by Gasteiger charge is -2.16. The molecule has 7 heteroatoms. The first kappa shape index (κ1) is 17.9. The molecule has 0 bridgehead atoms. The number of carbonyl (C=O) groups excluding carboxylic acids is 2. The Morgan fingerprint density at radius 3 is 2.04 bits per heavy atom. The summed E-state index contributed by atoms with van der Waals surface area (Å²) < 4.78 is 13.5. The van der Waals surface area contributed by atoms with E-state index in [0.717, 1.165) is 0 Å². The quantitative estimate of drug-likeness (QED) is 0.842. The molecule has 0 aliphatic rings. The standard InChI is InChI=1S/C17H17ClFN3O2/c1-22(10-16(23)20-14-8-4-2-6-12(14)18)11-17(24)21-15-9-5-3-7-13(15)19/h2-9H,10-11H2,1H3,(H,20,23)(H,21,24). The molecule has 0 aliphatic heterocycles. The highest BCUT2D eigenvalue weighted by Gasteiger charge is 2.13. The van der Waals surface area contributed by atoms with E-state index in [4.69, 9.17) is 11.6 Å². The molecular weight excluding hydrogens is 333 g/mol. The Balaban J connectivity index is 1.83. The van der Waals surface area contributed by atoms with E-state index in [1.54, 1.807) is 37.4 Å². The van der Waals surface area contributed by atoms with Gasteiger partial charge in [0.1, 0.15) is 5.82 Å². The largest absolute Gasteiger partial charge is 0.324 e. The van der Waals surface area contributed by atoms with Gasteiger partial charge in [-0.05, 0) is 31.3 Å². The third-order valence-corrected chi connectivity index (χ3v) is 3.45. The summed E-state index contributed by atoms with van der Waals surface area (Å²) in [6.07, 6.45) is 0. The highest BCUT2D eigenvalue weighted by atomic mass is 35.5. The van der Waals surface area contributed by atoms with Gasteiger partial charge in [0.15, 0.2) is 0 Å². The maximum Gasteiger partial charge on any atom is 0.238 e. The van der Waals surface area contributed by atoms with Gasteiger partial charge in [-0.2, -0.15) is 0 Å². The molecule has 5 nitrogen and oxygen atoms in total. The normalized spacial score (nSPS) is 10.5. The summed E-state index contributed by atoms with van der Waals surface area (Å²) in [7, 11) is 1.62. The maximum atomic E-state index is 13.5. The molecule has 0 radical (unpaired) electrons. The molecule has 2 N–H and O–H groups in total. The fourth-order valence-electron chi connectivity index (χ4n) is 2.05. The minimum absolute atomic E-state index is 0.00405. The van der Waals surface area contributed by atoms with Crippen molar-refractivity contribution in [1.29, 1.82) is 0 Å². The Morgan fingerprint density at radius 2 is 1.46 bits per heavy atom. The molecule has 2 aromatic carbocycles. The third-order valence-electron chi connectivity index (χ3n) is 3.12. The van der Waals surface area contributed by atoms with Crippen LogP contribution in [-0.4, -0.2) is 36.9 Å².